The number of rotatable bonds is 1. The fraction of sp³-hybridized carbons (Fsp3) is 0.222. The Morgan fingerprint density at radius 2 is 1.65 bits per heavy atom. The van der Waals surface area contributed by atoms with Crippen LogP contribution in [-0.4, -0.2) is 6.36 Å². The number of benzene rings is 1. The summed E-state index contributed by atoms with van der Waals surface area (Å²) >= 11 is 0. The molecule has 2 nitrogen and oxygen atoms in total. The molecule has 0 spiro atoms. The topological polar surface area (TPSA) is 33.0 Å². The molecule has 0 aromatic heterocycles. The van der Waals surface area contributed by atoms with Crippen molar-refractivity contribution < 1.29 is 31.1 Å². The zero-order valence-electron chi connectivity index (χ0n) is 7.86. The Labute approximate surface area is 91.0 Å². The third-order valence-electron chi connectivity index (χ3n) is 1.65. The van der Waals surface area contributed by atoms with Gasteiger partial charge in [0.05, 0.1) is 17.2 Å². The van der Waals surface area contributed by atoms with Gasteiger partial charge in [-0.1, -0.05) is 0 Å². The molecule has 92 valence electrons. The Kier molecular flexibility index (Phi) is 3.22. The fourth-order valence-corrected chi connectivity index (χ4v) is 1.06. The number of nitrogens with zero attached hydrogens (tertiary/aromatic N) is 1. The van der Waals surface area contributed by atoms with Crippen molar-refractivity contribution in [2.45, 2.75) is 12.5 Å². The van der Waals surface area contributed by atoms with Crippen LogP contribution in [0.4, 0.5) is 26.3 Å². The van der Waals surface area contributed by atoms with Crippen LogP contribution in [0.5, 0.6) is 5.75 Å². The number of nitriles is 1. The van der Waals surface area contributed by atoms with Crippen molar-refractivity contribution in [3.63, 3.8) is 0 Å². The average Bonchev–Trinajstić information content (AvgIpc) is 2.13. The molecule has 0 aliphatic heterocycles. The maximum absolute atomic E-state index is 12.3. The first-order valence-corrected chi connectivity index (χ1v) is 4.00. The molecule has 0 saturated heterocycles. The molecule has 0 N–H and O–H groups in total. The molecule has 0 unspecified atom stereocenters. The van der Waals surface area contributed by atoms with E-state index in [1.54, 1.807) is 0 Å². The van der Waals surface area contributed by atoms with Crippen molar-refractivity contribution in [1.82, 2.24) is 0 Å². The lowest BCUT2D eigenvalue weighted by atomic mass is 10.1. The van der Waals surface area contributed by atoms with Gasteiger partial charge in [0.2, 0.25) is 0 Å². The highest BCUT2D eigenvalue weighted by molar-refractivity contribution is 5.44. The SMILES string of the molecule is N#Cc1cc(OC(F)(F)F)ccc1C(F)(F)F. The minimum absolute atomic E-state index is 0.361. The minimum Gasteiger partial charge on any atom is -0.406 e. The Bertz CT molecular complexity index is 456. The van der Waals surface area contributed by atoms with Crippen LogP contribution in [0, 0.1) is 11.3 Å². The average molecular weight is 255 g/mol. The molecule has 0 radical (unpaired) electrons. The van der Waals surface area contributed by atoms with Crippen LogP contribution in [0.25, 0.3) is 0 Å². The molecule has 0 saturated carbocycles. The second-order valence-electron chi connectivity index (χ2n) is 2.86. The van der Waals surface area contributed by atoms with Crippen LogP contribution in [0.3, 0.4) is 0 Å². The van der Waals surface area contributed by atoms with E-state index in [2.05, 4.69) is 4.74 Å². The van der Waals surface area contributed by atoms with Crippen LogP contribution < -0.4 is 4.74 Å². The van der Waals surface area contributed by atoms with E-state index in [1.807, 2.05) is 0 Å². The van der Waals surface area contributed by atoms with E-state index < -0.39 is 29.4 Å². The number of alkyl halides is 6. The predicted octanol–water partition coefficient (Wildman–Crippen LogP) is 3.48. The highest BCUT2D eigenvalue weighted by Crippen LogP contribution is 2.34. The molecule has 0 heterocycles. The van der Waals surface area contributed by atoms with Crippen LogP contribution >= 0.6 is 0 Å². The van der Waals surface area contributed by atoms with Crippen molar-refractivity contribution in [3.8, 4) is 11.8 Å². The summed E-state index contributed by atoms with van der Waals surface area (Å²) < 4.78 is 75.6. The zero-order chi connectivity index (χ0) is 13.3. The van der Waals surface area contributed by atoms with E-state index in [0.717, 1.165) is 6.07 Å². The molecule has 17 heavy (non-hydrogen) atoms. The number of ether oxygens (including phenoxy) is 1. The number of halogens is 6. The molecule has 0 atom stereocenters. The normalized spacial score (nSPS) is 12.1. The predicted molar refractivity (Wildman–Crippen MR) is 42.8 cm³/mol. The second kappa shape index (κ2) is 4.16. The zero-order valence-corrected chi connectivity index (χ0v) is 7.86. The van der Waals surface area contributed by atoms with Crippen LogP contribution in [0.1, 0.15) is 11.1 Å². The number of hydrogen-bond donors (Lipinski definition) is 0. The first-order valence-electron chi connectivity index (χ1n) is 4.00. The van der Waals surface area contributed by atoms with Gasteiger partial charge in [-0.15, -0.1) is 13.2 Å². The molecule has 1 aromatic carbocycles. The molecule has 0 fully saturated rings. The molecule has 1 aromatic rings. The Hall–Kier alpha value is -1.91. The van der Waals surface area contributed by atoms with Gasteiger partial charge in [-0.2, -0.15) is 18.4 Å². The first kappa shape index (κ1) is 13.2. The lowest BCUT2D eigenvalue weighted by molar-refractivity contribution is -0.274. The molecular formula is C9H3F6NO. The van der Waals surface area contributed by atoms with E-state index >= 15 is 0 Å². The Balaban J connectivity index is 3.15. The summed E-state index contributed by atoms with van der Waals surface area (Å²) in [6.45, 7) is 0. The smallest absolute Gasteiger partial charge is 0.406 e. The van der Waals surface area contributed by atoms with Crippen molar-refractivity contribution in [2.75, 3.05) is 0 Å². The highest BCUT2D eigenvalue weighted by atomic mass is 19.4. The first-order chi connectivity index (χ1) is 7.63. The lowest BCUT2D eigenvalue weighted by Crippen LogP contribution is -2.17. The van der Waals surface area contributed by atoms with Gasteiger partial charge in [-0.25, -0.2) is 0 Å². The Morgan fingerprint density at radius 1 is 1.06 bits per heavy atom. The number of hydrogen-bond acceptors (Lipinski definition) is 2. The second-order valence-corrected chi connectivity index (χ2v) is 2.86. The van der Waals surface area contributed by atoms with Crippen LogP contribution in [-0.2, 0) is 6.18 Å². The van der Waals surface area contributed by atoms with Crippen molar-refractivity contribution in [1.29, 1.82) is 5.26 Å². The molecule has 1 rings (SSSR count). The van der Waals surface area contributed by atoms with E-state index in [4.69, 9.17) is 5.26 Å². The van der Waals surface area contributed by atoms with Gasteiger partial charge in [-0.3, -0.25) is 0 Å². The summed E-state index contributed by atoms with van der Waals surface area (Å²) in [5.41, 5.74) is -2.24. The standard InChI is InChI=1S/C9H3F6NO/c10-8(11,12)7-2-1-6(3-5(7)4-16)17-9(13,14)15/h1-3H. The maximum atomic E-state index is 12.3. The summed E-state index contributed by atoms with van der Waals surface area (Å²) in [5.74, 6) is -0.873. The van der Waals surface area contributed by atoms with Gasteiger partial charge in [0.25, 0.3) is 0 Å². The van der Waals surface area contributed by atoms with Gasteiger partial charge in [0, 0.05) is 0 Å². The van der Waals surface area contributed by atoms with Gasteiger partial charge in [0.1, 0.15) is 5.75 Å². The largest absolute Gasteiger partial charge is 0.573 e. The fourth-order valence-electron chi connectivity index (χ4n) is 1.06. The molecule has 0 amide bonds. The van der Waals surface area contributed by atoms with Crippen molar-refractivity contribution in [3.05, 3.63) is 29.3 Å². The minimum atomic E-state index is -5.02. The molecule has 0 bridgehead atoms. The van der Waals surface area contributed by atoms with E-state index in [-0.39, 0.29) is 0 Å². The van der Waals surface area contributed by atoms with Gasteiger partial charge < -0.3 is 4.74 Å². The van der Waals surface area contributed by atoms with Crippen LogP contribution in [0.2, 0.25) is 0 Å². The maximum Gasteiger partial charge on any atom is 0.573 e. The lowest BCUT2D eigenvalue weighted by Gasteiger charge is -2.12. The molecule has 0 aliphatic rings. The molecule has 8 heteroatoms. The molecule has 0 aliphatic carbocycles. The van der Waals surface area contributed by atoms with E-state index in [9.17, 15) is 26.3 Å². The monoisotopic (exact) mass is 255 g/mol. The summed E-state index contributed by atoms with van der Waals surface area (Å²) in [6, 6.07) is 2.40. The quantitative estimate of drug-likeness (QED) is 0.720. The van der Waals surface area contributed by atoms with E-state index in [1.165, 1.54) is 0 Å². The van der Waals surface area contributed by atoms with E-state index in [0.29, 0.717) is 18.2 Å². The summed E-state index contributed by atoms with van der Waals surface area (Å²) in [6.07, 6.45) is -9.83. The molecular weight excluding hydrogens is 252 g/mol. The Morgan fingerprint density at radius 3 is 2.06 bits per heavy atom. The van der Waals surface area contributed by atoms with Gasteiger partial charge >= 0.3 is 12.5 Å². The highest BCUT2D eigenvalue weighted by Gasteiger charge is 2.35. The van der Waals surface area contributed by atoms with Crippen molar-refractivity contribution >= 4 is 0 Å². The summed E-state index contributed by atoms with van der Waals surface area (Å²) in [4.78, 5) is 0. The summed E-state index contributed by atoms with van der Waals surface area (Å²) in [5, 5.41) is 8.42. The van der Waals surface area contributed by atoms with Gasteiger partial charge in [0.15, 0.2) is 0 Å². The van der Waals surface area contributed by atoms with Gasteiger partial charge in [-0.05, 0) is 18.2 Å². The van der Waals surface area contributed by atoms with Crippen molar-refractivity contribution in [2.24, 2.45) is 0 Å². The third kappa shape index (κ3) is 3.55. The summed E-state index contributed by atoms with van der Waals surface area (Å²) in [7, 11) is 0. The van der Waals surface area contributed by atoms with Crippen LogP contribution in [0.15, 0.2) is 18.2 Å². The third-order valence-corrected chi connectivity index (χ3v) is 1.65.